The van der Waals surface area contributed by atoms with E-state index in [1.165, 1.54) is 34.4 Å². The average molecular weight is 469 g/mol. The Morgan fingerprint density at radius 1 is 1.09 bits per heavy atom. The van der Waals surface area contributed by atoms with Crippen LogP contribution in [0.1, 0.15) is 16.8 Å². The zero-order valence-electron chi connectivity index (χ0n) is 16.9. The zero-order valence-corrected chi connectivity index (χ0v) is 18.5. The second-order valence-corrected chi connectivity index (χ2v) is 8.80. The van der Waals surface area contributed by atoms with Crippen LogP contribution >= 0.6 is 22.7 Å². The van der Waals surface area contributed by atoms with Crippen molar-refractivity contribution < 1.29 is 14.7 Å². The Morgan fingerprint density at radius 3 is 2.72 bits per heavy atom. The summed E-state index contributed by atoms with van der Waals surface area (Å²) in [6.07, 6.45) is 1.92. The summed E-state index contributed by atoms with van der Waals surface area (Å²) >= 11 is 2.96. The minimum Gasteiger partial charge on any atom is -0.508 e. The Kier molecular flexibility index (Phi) is 6.62. The molecule has 2 amide bonds. The number of benzene rings is 1. The minimum absolute atomic E-state index is 0.0257. The van der Waals surface area contributed by atoms with Crippen LogP contribution in [0.4, 0.5) is 0 Å². The highest BCUT2D eigenvalue weighted by Crippen LogP contribution is 2.33. The number of amides is 2. The fourth-order valence-electron chi connectivity index (χ4n) is 3.17. The summed E-state index contributed by atoms with van der Waals surface area (Å²) in [5, 5.41) is 19.3. The molecule has 4 aromatic rings. The molecule has 3 N–H and O–H groups in total. The summed E-state index contributed by atoms with van der Waals surface area (Å²) in [4.78, 5) is 43.2. The molecule has 0 saturated heterocycles. The number of thiophene rings is 2. The number of phenolic OH excluding ortho intramolecular Hbond substituents is 1. The number of carbonyl (C=O) groups is 2. The molecule has 0 spiro atoms. The number of nitrogens with zero attached hydrogens (tertiary/aromatic N) is 2. The minimum atomic E-state index is -0.305. The Morgan fingerprint density at radius 2 is 1.94 bits per heavy atom. The van der Waals surface area contributed by atoms with E-state index >= 15 is 0 Å². The third-order valence-corrected chi connectivity index (χ3v) is 6.52. The zero-order chi connectivity index (χ0) is 22.5. The number of aromatic hydroxyl groups is 1. The van der Waals surface area contributed by atoms with Gasteiger partial charge >= 0.3 is 0 Å². The summed E-state index contributed by atoms with van der Waals surface area (Å²) < 4.78 is 1.31. The van der Waals surface area contributed by atoms with Crippen LogP contribution in [0.25, 0.3) is 20.7 Å². The largest absolute Gasteiger partial charge is 0.508 e. The van der Waals surface area contributed by atoms with E-state index in [0.29, 0.717) is 35.3 Å². The van der Waals surface area contributed by atoms with Gasteiger partial charge < -0.3 is 15.7 Å². The highest BCUT2D eigenvalue weighted by atomic mass is 32.1. The van der Waals surface area contributed by atoms with Gasteiger partial charge in [-0.05, 0) is 36.1 Å². The quantitative estimate of drug-likeness (QED) is 0.344. The number of hydrogen-bond acceptors (Lipinski definition) is 7. The van der Waals surface area contributed by atoms with Crippen molar-refractivity contribution in [1.82, 2.24) is 20.2 Å². The van der Waals surface area contributed by atoms with E-state index in [9.17, 15) is 19.5 Å². The summed E-state index contributed by atoms with van der Waals surface area (Å²) in [6, 6.07) is 9.96. The predicted octanol–water partition coefficient (Wildman–Crippen LogP) is 2.83. The van der Waals surface area contributed by atoms with E-state index in [1.54, 1.807) is 23.5 Å². The first kappa shape index (κ1) is 21.7. The number of carbonyl (C=O) groups excluding carboxylic acids is 2. The molecule has 3 heterocycles. The van der Waals surface area contributed by atoms with Gasteiger partial charge in [-0.2, -0.15) is 0 Å². The molecule has 0 bridgehead atoms. The molecule has 0 unspecified atom stereocenters. The van der Waals surface area contributed by atoms with Gasteiger partial charge in [0, 0.05) is 34.5 Å². The second-order valence-electron chi connectivity index (χ2n) is 6.99. The molecule has 0 radical (unpaired) electrons. The van der Waals surface area contributed by atoms with Gasteiger partial charge in [0.15, 0.2) is 0 Å². The first-order chi connectivity index (χ1) is 15.5. The van der Waals surface area contributed by atoms with Crippen molar-refractivity contribution in [2.45, 2.75) is 13.0 Å². The van der Waals surface area contributed by atoms with Crippen LogP contribution in [0.5, 0.6) is 5.75 Å². The highest BCUT2D eigenvalue weighted by molar-refractivity contribution is 7.18. The first-order valence-corrected chi connectivity index (χ1v) is 11.6. The third-order valence-electron chi connectivity index (χ3n) is 4.73. The van der Waals surface area contributed by atoms with E-state index in [4.69, 9.17) is 0 Å². The average Bonchev–Trinajstić information content (AvgIpc) is 3.45. The molecule has 0 fully saturated rings. The van der Waals surface area contributed by atoms with Crippen LogP contribution in [-0.2, 0) is 11.3 Å². The van der Waals surface area contributed by atoms with Gasteiger partial charge in [0.05, 0.1) is 11.7 Å². The summed E-state index contributed by atoms with van der Waals surface area (Å²) in [6.45, 7) is 0.584. The molecule has 0 aliphatic rings. The number of fused-ring (bicyclic) bond motifs is 1. The number of phenols is 1. The Hall–Kier alpha value is -3.50. The number of aromatic nitrogens is 2. The van der Waals surface area contributed by atoms with E-state index in [0.717, 1.165) is 10.4 Å². The molecule has 4 rings (SSSR count). The summed E-state index contributed by atoms with van der Waals surface area (Å²) in [7, 11) is 0. The topological polar surface area (TPSA) is 113 Å². The maximum Gasteiger partial charge on any atom is 0.263 e. The molecule has 10 heteroatoms. The summed E-state index contributed by atoms with van der Waals surface area (Å²) in [5.74, 6) is -0.575. The van der Waals surface area contributed by atoms with Crippen LogP contribution in [0.3, 0.4) is 0 Å². The summed E-state index contributed by atoms with van der Waals surface area (Å²) in [5.41, 5.74) is 0.967. The Labute approximate surface area is 191 Å². The number of nitrogens with one attached hydrogen (secondary N) is 2. The van der Waals surface area contributed by atoms with Gasteiger partial charge in [-0.3, -0.25) is 19.0 Å². The van der Waals surface area contributed by atoms with Crippen molar-refractivity contribution in [3.05, 3.63) is 69.4 Å². The van der Waals surface area contributed by atoms with Crippen molar-refractivity contribution in [3.63, 3.8) is 0 Å². The van der Waals surface area contributed by atoms with E-state index in [-0.39, 0.29) is 29.7 Å². The maximum atomic E-state index is 12.9. The lowest BCUT2D eigenvalue weighted by Crippen LogP contribution is -2.34. The molecule has 1 aromatic carbocycles. The maximum absolute atomic E-state index is 12.9. The lowest BCUT2D eigenvalue weighted by Gasteiger charge is -2.08. The standard InChI is InChI=1S/C22H20N4O4S2/c27-15-5-1-4-14(10-15)20(29)24-8-3-7-23-18(28)11-26-13-25-21-19(22(26)30)16(12-32-21)17-6-2-9-31-17/h1-2,4-6,9-10,12-13,27H,3,7-8,11H2,(H,23,28)(H,24,29). The molecule has 164 valence electrons. The SMILES string of the molecule is O=C(Cn1cnc2scc(-c3cccs3)c2c1=O)NCCCNC(=O)c1cccc(O)c1. The van der Waals surface area contributed by atoms with Crippen LogP contribution in [0.2, 0.25) is 0 Å². The van der Waals surface area contributed by atoms with Crippen LogP contribution in [0.15, 0.2) is 58.3 Å². The number of rotatable bonds is 8. The molecule has 0 aliphatic heterocycles. The van der Waals surface area contributed by atoms with Crippen LogP contribution in [0, 0.1) is 0 Å². The highest BCUT2D eigenvalue weighted by Gasteiger charge is 2.15. The van der Waals surface area contributed by atoms with Gasteiger partial charge in [0.25, 0.3) is 11.5 Å². The molecular formula is C22H20N4O4S2. The Balaban J connectivity index is 1.30. The van der Waals surface area contributed by atoms with Gasteiger partial charge in [-0.15, -0.1) is 22.7 Å². The Bertz CT molecular complexity index is 1310. The lowest BCUT2D eigenvalue weighted by atomic mass is 10.2. The van der Waals surface area contributed by atoms with E-state index in [2.05, 4.69) is 15.6 Å². The van der Waals surface area contributed by atoms with Gasteiger partial charge in [0.1, 0.15) is 17.1 Å². The fraction of sp³-hybridized carbons (Fsp3) is 0.182. The molecular weight excluding hydrogens is 448 g/mol. The first-order valence-electron chi connectivity index (χ1n) is 9.87. The molecule has 0 saturated carbocycles. The van der Waals surface area contributed by atoms with E-state index < -0.39 is 0 Å². The molecule has 32 heavy (non-hydrogen) atoms. The van der Waals surface area contributed by atoms with Crippen molar-refractivity contribution >= 4 is 44.7 Å². The predicted molar refractivity (Wildman–Crippen MR) is 125 cm³/mol. The third kappa shape index (κ3) is 4.87. The second kappa shape index (κ2) is 9.75. The lowest BCUT2D eigenvalue weighted by molar-refractivity contribution is -0.121. The monoisotopic (exact) mass is 468 g/mol. The molecule has 3 aromatic heterocycles. The van der Waals surface area contributed by atoms with Crippen molar-refractivity contribution in [1.29, 1.82) is 0 Å². The molecule has 0 atom stereocenters. The molecule has 0 aliphatic carbocycles. The van der Waals surface area contributed by atoms with Gasteiger partial charge in [0.2, 0.25) is 5.91 Å². The molecule has 8 nitrogen and oxygen atoms in total. The van der Waals surface area contributed by atoms with Crippen molar-refractivity contribution in [2.24, 2.45) is 0 Å². The van der Waals surface area contributed by atoms with Crippen LogP contribution < -0.4 is 16.2 Å². The van der Waals surface area contributed by atoms with Crippen molar-refractivity contribution in [2.75, 3.05) is 13.1 Å². The van der Waals surface area contributed by atoms with Crippen LogP contribution in [-0.4, -0.2) is 39.6 Å². The smallest absolute Gasteiger partial charge is 0.263 e. The van der Waals surface area contributed by atoms with Gasteiger partial charge in [-0.1, -0.05) is 12.1 Å². The van der Waals surface area contributed by atoms with Gasteiger partial charge in [-0.25, -0.2) is 4.98 Å². The van der Waals surface area contributed by atoms with Crippen molar-refractivity contribution in [3.8, 4) is 16.2 Å². The number of hydrogen-bond donors (Lipinski definition) is 3. The normalized spacial score (nSPS) is 10.9. The fourth-order valence-corrected chi connectivity index (χ4v) is 4.89. The van der Waals surface area contributed by atoms with E-state index in [1.807, 2.05) is 22.9 Å².